The summed E-state index contributed by atoms with van der Waals surface area (Å²) < 4.78 is 5.29. The molecule has 0 aliphatic heterocycles. The Kier molecular flexibility index (Phi) is 7.64. The van der Waals surface area contributed by atoms with E-state index in [0.29, 0.717) is 11.4 Å². The van der Waals surface area contributed by atoms with Gasteiger partial charge in [0.05, 0.1) is 11.5 Å². The zero-order chi connectivity index (χ0) is 21.3. The largest absolute Gasteiger partial charge is 0.508 e. The van der Waals surface area contributed by atoms with Crippen LogP contribution in [-0.2, 0) is 9.59 Å². The van der Waals surface area contributed by atoms with E-state index < -0.39 is 5.97 Å². The van der Waals surface area contributed by atoms with E-state index in [-0.39, 0.29) is 28.9 Å². The molecular weight excluding hydrogens is 422 g/mol. The minimum absolute atomic E-state index is 0.137. The third kappa shape index (κ3) is 7.06. The highest BCUT2D eigenvalue weighted by Crippen LogP contribution is 2.23. The van der Waals surface area contributed by atoms with Gasteiger partial charge >= 0.3 is 5.97 Å². The van der Waals surface area contributed by atoms with Crippen LogP contribution in [0.1, 0.15) is 0 Å². The van der Waals surface area contributed by atoms with Crippen LogP contribution in [0.15, 0.2) is 82.6 Å². The average Bonchev–Trinajstić information content (AvgIpc) is 2.74. The number of hydrogen-bond donors (Lipinski definition) is 3. The molecule has 154 valence electrons. The summed E-state index contributed by atoms with van der Waals surface area (Å²) in [5, 5.41) is 21.3. The Morgan fingerprint density at radius 2 is 1.23 bits per heavy atom. The van der Waals surface area contributed by atoms with E-state index in [4.69, 9.17) is 4.74 Å². The monoisotopic (exact) mass is 441 g/mol. The summed E-state index contributed by atoms with van der Waals surface area (Å²) in [6.45, 7) is 0. The molecule has 6 nitrogen and oxygen atoms in total. The maximum atomic E-state index is 12.1. The molecule has 0 saturated heterocycles. The zero-order valence-corrected chi connectivity index (χ0v) is 17.4. The van der Waals surface area contributed by atoms with Crippen molar-refractivity contribution in [2.75, 3.05) is 16.8 Å². The lowest BCUT2D eigenvalue weighted by Gasteiger charge is -2.08. The standard InChI is InChI=1S/C22H19NO5S2/c24-16-3-9-19(10-4-16)29-13-21(26)23-15-1-7-18(8-2-15)28-22(27)14-30-20-11-5-17(25)6-12-20/h1-12,24-25H,13-14H2,(H,23,26). The molecule has 30 heavy (non-hydrogen) atoms. The number of carbonyl (C=O) groups is 2. The Labute approximate surface area is 182 Å². The summed E-state index contributed by atoms with van der Waals surface area (Å²) >= 11 is 2.68. The number of amides is 1. The molecule has 3 aromatic rings. The number of benzene rings is 3. The molecule has 0 fully saturated rings. The minimum Gasteiger partial charge on any atom is -0.508 e. The molecule has 0 aliphatic rings. The SMILES string of the molecule is O=C(CSc1ccc(O)cc1)Nc1ccc(OC(=O)CSc2ccc(O)cc2)cc1. The van der Waals surface area contributed by atoms with Crippen LogP contribution in [0.4, 0.5) is 5.69 Å². The molecule has 0 atom stereocenters. The highest BCUT2D eigenvalue weighted by molar-refractivity contribution is 8.00. The van der Waals surface area contributed by atoms with Crippen molar-refractivity contribution in [2.45, 2.75) is 9.79 Å². The molecule has 3 aromatic carbocycles. The van der Waals surface area contributed by atoms with Crippen molar-refractivity contribution in [2.24, 2.45) is 0 Å². The third-order valence-corrected chi connectivity index (χ3v) is 5.77. The molecule has 3 rings (SSSR count). The lowest BCUT2D eigenvalue weighted by Crippen LogP contribution is -2.14. The van der Waals surface area contributed by atoms with Crippen LogP contribution < -0.4 is 10.1 Å². The van der Waals surface area contributed by atoms with Gasteiger partial charge in [0.2, 0.25) is 5.91 Å². The van der Waals surface area contributed by atoms with E-state index in [2.05, 4.69) is 5.32 Å². The van der Waals surface area contributed by atoms with Crippen molar-refractivity contribution < 1.29 is 24.5 Å². The smallest absolute Gasteiger partial charge is 0.321 e. The highest BCUT2D eigenvalue weighted by atomic mass is 32.2. The Morgan fingerprint density at radius 1 is 0.733 bits per heavy atom. The van der Waals surface area contributed by atoms with Gasteiger partial charge in [-0.2, -0.15) is 0 Å². The lowest BCUT2D eigenvalue weighted by atomic mass is 10.3. The molecular formula is C22H19NO5S2. The Balaban J connectivity index is 1.42. The molecule has 0 aliphatic carbocycles. The van der Waals surface area contributed by atoms with Crippen LogP contribution in [0.25, 0.3) is 0 Å². The molecule has 0 bridgehead atoms. The fourth-order valence-corrected chi connectivity index (χ4v) is 3.71. The first kappa shape index (κ1) is 21.6. The number of phenolic OH excluding ortho intramolecular Hbond substituents is 2. The van der Waals surface area contributed by atoms with Gasteiger partial charge in [0.15, 0.2) is 0 Å². The van der Waals surface area contributed by atoms with Crippen LogP contribution >= 0.6 is 23.5 Å². The fraction of sp³-hybridized carbons (Fsp3) is 0.0909. The van der Waals surface area contributed by atoms with E-state index >= 15 is 0 Å². The topological polar surface area (TPSA) is 95.9 Å². The maximum Gasteiger partial charge on any atom is 0.321 e. The first-order valence-electron chi connectivity index (χ1n) is 8.92. The number of phenols is 2. The van der Waals surface area contributed by atoms with Crippen LogP contribution in [0, 0.1) is 0 Å². The van der Waals surface area contributed by atoms with Crippen molar-refractivity contribution in [1.82, 2.24) is 0 Å². The number of aromatic hydroxyl groups is 2. The van der Waals surface area contributed by atoms with Gasteiger partial charge in [-0.05, 0) is 72.8 Å². The first-order chi connectivity index (χ1) is 14.5. The van der Waals surface area contributed by atoms with Gasteiger partial charge in [-0.15, -0.1) is 23.5 Å². The summed E-state index contributed by atoms with van der Waals surface area (Å²) in [5.41, 5.74) is 0.601. The van der Waals surface area contributed by atoms with Crippen LogP contribution in [0.5, 0.6) is 17.2 Å². The molecule has 0 radical (unpaired) electrons. The number of anilines is 1. The van der Waals surface area contributed by atoms with Crippen molar-refractivity contribution >= 4 is 41.1 Å². The molecule has 8 heteroatoms. The van der Waals surface area contributed by atoms with Gasteiger partial charge in [0.1, 0.15) is 17.2 Å². The maximum absolute atomic E-state index is 12.1. The van der Waals surface area contributed by atoms with Gasteiger partial charge < -0.3 is 20.3 Å². The van der Waals surface area contributed by atoms with Gasteiger partial charge in [-0.1, -0.05) is 0 Å². The molecule has 3 N–H and O–H groups in total. The summed E-state index contributed by atoms with van der Waals surface area (Å²) in [5.74, 6) is 0.561. The second-order valence-electron chi connectivity index (χ2n) is 6.11. The summed E-state index contributed by atoms with van der Waals surface area (Å²) in [4.78, 5) is 25.8. The number of esters is 1. The number of carbonyl (C=O) groups excluding carboxylic acids is 2. The van der Waals surface area contributed by atoms with Gasteiger partial charge in [0, 0.05) is 15.5 Å². The summed E-state index contributed by atoms with van der Waals surface area (Å²) in [6.07, 6.45) is 0. The predicted molar refractivity (Wildman–Crippen MR) is 118 cm³/mol. The normalized spacial score (nSPS) is 10.4. The second-order valence-corrected chi connectivity index (χ2v) is 8.21. The fourth-order valence-electron chi connectivity index (χ4n) is 2.34. The van der Waals surface area contributed by atoms with E-state index in [1.165, 1.54) is 23.5 Å². The van der Waals surface area contributed by atoms with Crippen molar-refractivity contribution in [3.8, 4) is 17.2 Å². The van der Waals surface area contributed by atoms with Gasteiger partial charge in [0.25, 0.3) is 0 Å². The molecule has 0 heterocycles. The Bertz CT molecular complexity index is 907. The van der Waals surface area contributed by atoms with Crippen LogP contribution in [0.2, 0.25) is 0 Å². The molecule has 0 saturated carbocycles. The quantitative estimate of drug-likeness (QED) is 0.269. The third-order valence-electron chi connectivity index (χ3n) is 3.77. The van der Waals surface area contributed by atoms with E-state index in [1.807, 2.05) is 0 Å². The zero-order valence-electron chi connectivity index (χ0n) is 15.8. The highest BCUT2D eigenvalue weighted by Gasteiger charge is 2.08. The number of nitrogens with one attached hydrogen (secondary N) is 1. The molecule has 1 amide bonds. The molecule has 0 aromatic heterocycles. The van der Waals surface area contributed by atoms with Crippen molar-refractivity contribution in [3.63, 3.8) is 0 Å². The first-order valence-corrected chi connectivity index (χ1v) is 10.9. The van der Waals surface area contributed by atoms with Crippen LogP contribution in [0.3, 0.4) is 0 Å². The number of hydrogen-bond acceptors (Lipinski definition) is 7. The summed E-state index contributed by atoms with van der Waals surface area (Å²) in [6, 6.07) is 19.8. The lowest BCUT2D eigenvalue weighted by molar-refractivity contribution is -0.131. The average molecular weight is 442 g/mol. The van der Waals surface area contributed by atoms with E-state index in [0.717, 1.165) is 9.79 Å². The van der Waals surface area contributed by atoms with Crippen molar-refractivity contribution in [3.05, 3.63) is 72.8 Å². The van der Waals surface area contributed by atoms with Gasteiger partial charge in [-0.3, -0.25) is 9.59 Å². The number of ether oxygens (including phenoxy) is 1. The van der Waals surface area contributed by atoms with E-state index in [1.54, 1.807) is 72.8 Å². The Hall–Kier alpha value is -3.10. The molecule has 0 unspecified atom stereocenters. The number of rotatable bonds is 8. The Morgan fingerprint density at radius 3 is 1.77 bits per heavy atom. The number of thioether (sulfide) groups is 2. The second kappa shape index (κ2) is 10.6. The minimum atomic E-state index is -0.393. The molecule has 0 spiro atoms. The van der Waals surface area contributed by atoms with E-state index in [9.17, 15) is 19.8 Å². The van der Waals surface area contributed by atoms with Crippen LogP contribution in [-0.4, -0.2) is 33.6 Å². The summed E-state index contributed by atoms with van der Waals surface area (Å²) in [7, 11) is 0. The van der Waals surface area contributed by atoms with Crippen molar-refractivity contribution in [1.29, 1.82) is 0 Å². The van der Waals surface area contributed by atoms with Gasteiger partial charge in [-0.25, -0.2) is 0 Å². The predicted octanol–water partition coefficient (Wildman–Crippen LogP) is 4.53.